The Bertz CT molecular complexity index is 619. The van der Waals surface area contributed by atoms with E-state index in [0.29, 0.717) is 26.2 Å². The Balaban J connectivity index is 1.69. The topological polar surface area (TPSA) is 52.7 Å². The molecule has 130 valence electrons. The lowest BCUT2D eigenvalue weighted by atomic mass is 9.78. The van der Waals surface area contributed by atoms with Crippen molar-refractivity contribution in [1.82, 2.24) is 15.1 Å². The first-order chi connectivity index (χ1) is 11.5. The Morgan fingerprint density at radius 3 is 2.71 bits per heavy atom. The van der Waals surface area contributed by atoms with Crippen molar-refractivity contribution in [3.05, 3.63) is 35.6 Å². The number of carbonyl (C=O) groups is 2. The number of rotatable bonds is 4. The van der Waals surface area contributed by atoms with E-state index in [0.717, 1.165) is 31.4 Å². The highest BCUT2D eigenvalue weighted by Crippen LogP contribution is 2.40. The number of halogens is 1. The second kappa shape index (κ2) is 6.89. The molecular formula is C18H24FN3O2. The normalized spacial score (nSPS) is 24.0. The Morgan fingerprint density at radius 2 is 2.00 bits per heavy atom. The predicted octanol–water partition coefficient (Wildman–Crippen LogP) is 1.39. The molecule has 0 aliphatic carbocycles. The molecule has 0 saturated carbocycles. The maximum atomic E-state index is 13.0. The molecule has 0 radical (unpaired) electrons. The summed E-state index contributed by atoms with van der Waals surface area (Å²) in [4.78, 5) is 28.8. The number of carbonyl (C=O) groups excluding carboxylic acids is 2. The third kappa shape index (κ3) is 3.29. The lowest BCUT2D eigenvalue weighted by Crippen LogP contribution is -2.50. The lowest BCUT2D eigenvalue weighted by molar-refractivity contribution is -0.146. The molecule has 6 heteroatoms. The quantitative estimate of drug-likeness (QED) is 0.906. The number of likely N-dealkylation sites (tertiary alicyclic amines) is 2. The number of hydrogen-bond acceptors (Lipinski definition) is 3. The van der Waals surface area contributed by atoms with Gasteiger partial charge in [0.15, 0.2) is 0 Å². The second-order valence-electron chi connectivity index (χ2n) is 6.83. The van der Waals surface area contributed by atoms with Crippen LogP contribution < -0.4 is 5.32 Å². The van der Waals surface area contributed by atoms with Crippen LogP contribution in [0.3, 0.4) is 0 Å². The van der Waals surface area contributed by atoms with Crippen molar-refractivity contribution in [3.63, 3.8) is 0 Å². The first kappa shape index (κ1) is 16.9. The van der Waals surface area contributed by atoms with Gasteiger partial charge in [0.25, 0.3) is 0 Å². The zero-order chi connectivity index (χ0) is 17.2. The van der Waals surface area contributed by atoms with E-state index in [1.54, 1.807) is 24.1 Å². The average molecular weight is 333 g/mol. The van der Waals surface area contributed by atoms with E-state index in [1.165, 1.54) is 12.1 Å². The van der Waals surface area contributed by atoms with Crippen LogP contribution in [0, 0.1) is 11.2 Å². The monoisotopic (exact) mass is 333 g/mol. The van der Waals surface area contributed by atoms with Crippen molar-refractivity contribution in [2.75, 3.05) is 33.2 Å². The van der Waals surface area contributed by atoms with Gasteiger partial charge in [-0.05, 0) is 44.0 Å². The number of benzene rings is 1. The lowest BCUT2D eigenvalue weighted by Gasteiger charge is -2.39. The molecule has 1 aromatic rings. The zero-order valence-electron chi connectivity index (χ0n) is 14.1. The number of piperidine rings is 1. The summed E-state index contributed by atoms with van der Waals surface area (Å²) in [5.41, 5.74) is 0.504. The second-order valence-corrected chi connectivity index (χ2v) is 6.83. The Kier molecular flexibility index (Phi) is 4.85. The third-order valence-electron chi connectivity index (χ3n) is 5.15. The van der Waals surface area contributed by atoms with Crippen molar-refractivity contribution in [2.45, 2.75) is 25.8 Å². The van der Waals surface area contributed by atoms with Crippen LogP contribution in [0.5, 0.6) is 0 Å². The van der Waals surface area contributed by atoms with Gasteiger partial charge in [-0.3, -0.25) is 9.59 Å². The van der Waals surface area contributed by atoms with Gasteiger partial charge in [-0.25, -0.2) is 4.39 Å². The van der Waals surface area contributed by atoms with Crippen molar-refractivity contribution in [3.8, 4) is 0 Å². The van der Waals surface area contributed by atoms with Crippen LogP contribution in [-0.4, -0.2) is 54.8 Å². The minimum absolute atomic E-state index is 0.0535. The summed E-state index contributed by atoms with van der Waals surface area (Å²) in [6.45, 7) is 2.71. The Hall–Kier alpha value is -1.95. The molecule has 1 aromatic carbocycles. The number of amides is 2. The molecule has 3 rings (SSSR count). The minimum atomic E-state index is -0.429. The molecule has 1 spiro atoms. The van der Waals surface area contributed by atoms with Crippen molar-refractivity contribution in [2.24, 2.45) is 5.41 Å². The summed E-state index contributed by atoms with van der Waals surface area (Å²) in [5, 5.41) is 2.88. The predicted molar refractivity (Wildman–Crippen MR) is 88.6 cm³/mol. The van der Waals surface area contributed by atoms with Gasteiger partial charge in [-0.1, -0.05) is 12.1 Å². The molecule has 2 saturated heterocycles. The molecule has 2 aliphatic heterocycles. The van der Waals surface area contributed by atoms with Crippen LogP contribution in [-0.2, 0) is 16.1 Å². The van der Waals surface area contributed by atoms with Gasteiger partial charge in [0.1, 0.15) is 5.82 Å². The summed E-state index contributed by atoms with van der Waals surface area (Å²) in [7, 11) is 1.75. The summed E-state index contributed by atoms with van der Waals surface area (Å²) in [6, 6.07) is 6.29. The maximum Gasteiger partial charge on any atom is 0.236 e. The fraction of sp³-hybridized carbons (Fsp3) is 0.556. The summed E-state index contributed by atoms with van der Waals surface area (Å²) >= 11 is 0. The van der Waals surface area contributed by atoms with Crippen LogP contribution in [0.15, 0.2) is 24.3 Å². The van der Waals surface area contributed by atoms with Gasteiger partial charge >= 0.3 is 0 Å². The van der Waals surface area contributed by atoms with Gasteiger partial charge in [0.05, 0.1) is 12.0 Å². The van der Waals surface area contributed by atoms with E-state index in [1.807, 2.05) is 4.90 Å². The average Bonchev–Trinajstić information content (AvgIpc) is 3.00. The maximum absolute atomic E-state index is 13.0. The fourth-order valence-electron chi connectivity index (χ4n) is 3.84. The molecule has 1 N–H and O–H groups in total. The first-order valence-electron chi connectivity index (χ1n) is 8.50. The van der Waals surface area contributed by atoms with E-state index in [-0.39, 0.29) is 17.6 Å². The van der Waals surface area contributed by atoms with Gasteiger partial charge in [-0.15, -0.1) is 0 Å². The van der Waals surface area contributed by atoms with Crippen molar-refractivity contribution >= 4 is 11.8 Å². The molecule has 2 fully saturated rings. The zero-order valence-corrected chi connectivity index (χ0v) is 14.1. The molecule has 2 heterocycles. The smallest absolute Gasteiger partial charge is 0.236 e. The van der Waals surface area contributed by atoms with Crippen LogP contribution in [0.25, 0.3) is 0 Å². The highest BCUT2D eigenvalue weighted by molar-refractivity contribution is 5.86. The highest BCUT2D eigenvalue weighted by atomic mass is 19.1. The molecule has 2 amide bonds. The summed E-state index contributed by atoms with van der Waals surface area (Å²) in [6.07, 6.45) is 2.53. The van der Waals surface area contributed by atoms with E-state index < -0.39 is 5.41 Å². The number of nitrogens with zero attached hydrogens (tertiary/aromatic N) is 2. The van der Waals surface area contributed by atoms with Gasteiger partial charge in [0.2, 0.25) is 11.8 Å². The van der Waals surface area contributed by atoms with Crippen molar-refractivity contribution in [1.29, 1.82) is 0 Å². The molecule has 24 heavy (non-hydrogen) atoms. The fourth-order valence-corrected chi connectivity index (χ4v) is 3.84. The van der Waals surface area contributed by atoms with Gasteiger partial charge < -0.3 is 15.1 Å². The standard InChI is InChI=1S/C18H24FN3O2/c1-20-11-16(23)22-10-8-18(13-22)7-2-9-21(17(18)24)12-14-3-5-15(19)6-4-14/h3-6,20H,2,7-13H2,1H3/t18-/m0/s1. The Labute approximate surface area is 141 Å². The van der Waals surface area contributed by atoms with E-state index in [9.17, 15) is 14.0 Å². The summed E-state index contributed by atoms with van der Waals surface area (Å²) < 4.78 is 13.0. The SMILES string of the molecule is CNCC(=O)N1CC[C@@]2(CCCN(Cc3ccc(F)cc3)C2=O)C1. The summed E-state index contributed by atoms with van der Waals surface area (Å²) in [5.74, 6) is -0.0784. The molecule has 2 aliphatic rings. The molecule has 0 aromatic heterocycles. The van der Waals surface area contributed by atoms with E-state index in [4.69, 9.17) is 0 Å². The van der Waals surface area contributed by atoms with Gasteiger partial charge in [0, 0.05) is 26.2 Å². The van der Waals surface area contributed by atoms with Crippen molar-refractivity contribution < 1.29 is 14.0 Å². The third-order valence-corrected chi connectivity index (χ3v) is 5.15. The highest BCUT2D eigenvalue weighted by Gasteiger charge is 2.49. The number of hydrogen-bond donors (Lipinski definition) is 1. The molecule has 5 nitrogen and oxygen atoms in total. The number of nitrogens with one attached hydrogen (secondary N) is 1. The van der Waals surface area contributed by atoms with Gasteiger partial charge in [-0.2, -0.15) is 0 Å². The Morgan fingerprint density at radius 1 is 1.25 bits per heavy atom. The van der Waals surface area contributed by atoms with Crippen LogP contribution >= 0.6 is 0 Å². The molecule has 0 bridgehead atoms. The van der Waals surface area contributed by atoms with E-state index in [2.05, 4.69) is 5.32 Å². The molecule has 0 unspecified atom stereocenters. The first-order valence-corrected chi connectivity index (χ1v) is 8.50. The minimum Gasteiger partial charge on any atom is -0.340 e. The van der Waals surface area contributed by atoms with E-state index >= 15 is 0 Å². The molecule has 1 atom stereocenters. The van der Waals surface area contributed by atoms with Crippen LogP contribution in [0.4, 0.5) is 4.39 Å². The number of likely N-dealkylation sites (N-methyl/N-ethyl adjacent to an activating group) is 1. The van der Waals surface area contributed by atoms with Crippen LogP contribution in [0.2, 0.25) is 0 Å². The molecular weight excluding hydrogens is 309 g/mol. The largest absolute Gasteiger partial charge is 0.340 e. The van der Waals surface area contributed by atoms with Crippen LogP contribution in [0.1, 0.15) is 24.8 Å².